The first-order valence-corrected chi connectivity index (χ1v) is 5.94. The number of phenolic OH excluding ortho intramolecular Hbond substituents is 1. The summed E-state index contributed by atoms with van der Waals surface area (Å²) in [6, 6.07) is 5.12. The third-order valence-corrected chi connectivity index (χ3v) is 3.35. The number of hydrogen-bond donors (Lipinski definition) is 2. The van der Waals surface area contributed by atoms with Gasteiger partial charge in [-0.15, -0.1) is 0 Å². The highest BCUT2D eigenvalue weighted by Crippen LogP contribution is 2.22. The second-order valence-electron chi connectivity index (χ2n) is 4.53. The van der Waals surface area contributed by atoms with E-state index in [0.29, 0.717) is 12.1 Å². The topological polar surface area (TPSA) is 66.6 Å². The second kappa shape index (κ2) is 4.75. The van der Waals surface area contributed by atoms with Crippen molar-refractivity contribution in [3.8, 4) is 5.75 Å². The Labute approximate surface area is 101 Å². The molecule has 1 amide bonds. The summed E-state index contributed by atoms with van der Waals surface area (Å²) in [5, 5.41) is 9.44. The first kappa shape index (κ1) is 11.9. The molecular weight excluding hydrogens is 216 g/mol. The molecule has 2 rings (SSSR count). The summed E-state index contributed by atoms with van der Waals surface area (Å²) >= 11 is 0. The lowest BCUT2D eigenvalue weighted by Gasteiger charge is -2.23. The van der Waals surface area contributed by atoms with Crippen LogP contribution in [0, 0.1) is 6.92 Å². The van der Waals surface area contributed by atoms with Gasteiger partial charge in [0, 0.05) is 24.7 Å². The van der Waals surface area contributed by atoms with Crippen LogP contribution in [0.1, 0.15) is 28.8 Å². The van der Waals surface area contributed by atoms with Crippen molar-refractivity contribution in [3.63, 3.8) is 0 Å². The van der Waals surface area contributed by atoms with E-state index in [2.05, 4.69) is 0 Å². The van der Waals surface area contributed by atoms with Gasteiger partial charge in [-0.1, -0.05) is 0 Å². The number of nitrogens with two attached hydrogens (primary N) is 1. The van der Waals surface area contributed by atoms with Gasteiger partial charge in [0.25, 0.3) is 5.91 Å². The van der Waals surface area contributed by atoms with Crippen molar-refractivity contribution in [2.45, 2.75) is 25.8 Å². The Kier molecular flexibility index (Phi) is 3.33. The van der Waals surface area contributed by atoms with Crippen LogP contribution in [0.25, 0.3) is 0 Å². The molecule has 1 aliphatic heterocycles. The Morgan fingerprint density at radius 1 is 1.59 bits per heavy atom. The Hall–Kier alpha value is -1.55. The Bertz CT molecular complexity index is 431. The normalized spacial score (nSPS) is 19.6. The van der Waals surface area contributed by atoms with Crippen molar-refractivity contribution < 1.29 is 9.90 Å². The maximum atomic E-state index is 12.3. The van der Waals surface area contributed by atoms with Crippen molar-refractivity contribution in [2.24, 2.45) is 5.73 Å². The number of benzene rings is 1. The average Bonchev–Trinajstić information content (AvgIpc) is 2.80. The fraction of sp³-hybridized carbons (Fsp3) is 0.462. The Morgan fingerprint density at radius 2 is 2.35 bits per heavy atom. The number of rotatable bonds is 2. The zero-order chi connectivity index (χ0) is 12.4. The second-order valence-corrected chi connectivity index (χ2v) is 4.53. The molecule has 1 atom stereocenters. The number of aromatic hydroxyl groups is 1. The number of likely N-dealkylation sites (tertiary alicyclic amines) is 1. The summed E-state index contributed by atoms with van der Waals surface area (Å²) in [5.74, 6) is 0.236. The SMILES string of the molecule is Cc1cc(C(=O)N2CCCC2CN)ccc1O. The van der Waals surface area contributed by atoms with Gasteiger partial charge in [0.2, 0.25) is 0 Å². The van der Waals surface area contributed by atoms with Crippen LogP contribution in [0.4, 0.5) is 0 Å². The molecule has 4 nitrogen and oxygen atoms in total. The Morgan fingerprint density at radius 3 is 3.00 bits per heavy atom. The Balaban J connectivity index is 2.21. The molecule has 0 bridgehead atoms. The number of nitrogens with zero attached hydrogens (tertiary/aromatic N) is 1. The minimum atomic E-state index is 0.0149. The van der Waals surface area contributed by atoms with Crippen molar-refractivity contribution in [1.29, 1.82) is 0 Å². The fourth-order valence-electron chi connectivity index (χ4n) is 2.30. The summed E-state index contributed by atoms with van der Waals surface area (Å²) in [4.78, 5) is 14.1. The molecule has 0 aromatic heterocycles. The van der Waals surface area contributed by atoms with E-state index in [9.17, 15) is 9.90 Å². The van der Waals surface area contributed by atoms with E-state index in [1.807, 2.05) is 4.90 Å². The van der Waals surface area contributed by atoms with Gasteiger partial charge in [-0.25, -0.2) is 0 Å². The first-order valence-electron chi connectivity index (χ1n) is 5.94. The molecule has 0 spiro atoms. The van der Waals surface area contributed by atoms with Gasteiger partial charge < -0.3 is 15.7 Å². The quantitative estimate of drug-likeness (QED) is 0.809. The van der Waals surface area contributed by atoms with E-state index in [-0.39, 0.29) is 17.7 Å². The number of phenols is 1. The molecular formula is C13H18N2O2. The molecule has 1 aliphatic rings. The van der Waals surface area contributed by atoms with Gasteiger partial charge >= 0.3 is 0 Å². The summed E-state index contributed by atoms with van der Waals surface area (Å²) in [7, 11) is 0. The van der Waals surface area contributed by atoms with Gasteiger partial charge in [0.15, 0.2) is 0 Å². The number of amides is 1. The van der Waals surface area contributed by atoms with Crippen LogP contribution in [-0.2, 0) is 0 Å². The molecule has 4 heteroatoms. The molecule has 0 aliphatic carbocycles. The largest absolute Gasteiger partial charge is 0.508 e. The molecule has 1 saturated heterocycles. The van der Waals surface area contributed by atoms with E-state index >= 15 is 0 Å². The van der Waals surface area contributed by atoms with Crippen LogP contribution >= 0.6 is 0 Å². The molecule has 1 fully saturated rings. The fourth-order valence-corrected chi connectivity index (χ4v) is 2.30. The molecule has 1 unspecified atom stereocenters. The predicted molar refractivity (Wildman–Crippen MR) is 66.0 cm³/mol. The summed E-state index contributed by atoms with van der Waals surface area (Å²) < 4.78 is 0. The standard InChI is InChI=1S/C13H18N2O2/c1-9-7-10(4-5-12(9)16)13(17)15-6-2-3-11(15)8-14/h4-5,7,11,16H,2-3,6,8,14H2,1H3. The molecule has 17 heavy (non-hydrogen) atoms. The molecule has 1 heterocycles. The van der Waals surface area contributed by atoms with Crippen LogP contribution in [0.3, 0.4) is 0 Å². The third-order valence-electron chi connectivity index (χ3n) is 3.35. The van der Waals surface area contributed by atoms with E-state index in [4.69, 9.17) is 5.73 Å². The zero-order valence-electron chi connectivity index (χ0n) is 10.0. The predicted octanol–water partition coefficient (Wildman–Crippen LogP) is 1.26. The van der Waals surface area contributed by atoms with Crippen molar-refractivity contribution in [2.75, 3.05) is 13.1 Å². The minimum Gasteiger partial charge on any atom is -0.508 e. The van der Waals surface area contributed by atoms with Crippen LogP contribution < -0.4 is 5.73 Å². The molecule has 3 N–H and O–H groups in total. The van der Waals surface area contributed by atoms with Gasteiger partial charge in [0.05, 0.1) is 0 Å². The number of aryl methyl sites for hydroxylation is 1. The molecule has 1 aromatic carbocycles. The van der Waals surface area contributed by atoms with Crippen LogP contribution in [0.15, 0.2) is 18.2 Å². The van der Waals surface area contributed by atoms with Crippen LogP contribution in [0.5, 0.6) is 5.75 Å². The zero-order valence-corrected chi connectivity index (χ0v) is 10.0. The minimum absolute atomic E-state index is 0.0149. The number of hydrogen-bond acceptors (Lipinski definition) is 3. The summed E-state index contributed by atoms with van der Waals surface area (Å²) in [6.07, 6.45) is 2.00. The van der Waals surface area contributed by atoms with E-state index in [1.165, 1.54) is 0 Å². The van der Waals surface area contributed by atoms with Crippen molar-refractivity contribution in [3.05, 3.63) is 29.3 Å². The molecule has 1 aromatic rings. The molecule has 92 valence electrons. The van der Waals surface area contributed by atoms with Crippen LogP contribution in [0.2, 0.25) is 0 Å². The van der Waals surface area contributed by atoms with E-state index in [0.717, 1.165) is 24.9 Å². The average molecular weight is 234 g/mol. The summed E-state index contributed by atoms with van der Waals surface area (Å²) in [5.41, 5.74) is 7.01. The smallest absolute Gasteiger partial charge is 0.254 e. The van der Waals surface area contributed by atoms with Gasteiger partial charge in [0.1, 0.15) is 5.75 Å². The number of carbonyl (C=O) groups excluding carboxylic acids is 1. The van der Waals surface area contributed by atoms with E-state index in [1.54, 1.807) is 25.1 Å². The monoisotopic (exact) mass is 234 g/mol. The lowest BCUT2D eigenvalue weighted by molar-refractivity contribution is 0.0741. The van der Waals surface area contributed by atoms with Crippen molar-refractivity contribution in [1.82, 2.24) is 4.90 Å². The molecule has 0 radical (unpaired) electrons. The lowest BCUT2D eigenvalue weighted by atomic mass is 10.1. The maximum Gasteiger partial charge on any atom is 0.254 e. The third kappa shape index (κ3) is 2.26. The lowest BCUT2D eigenvalue weighted by Crippen LogP contribution is -2.39. The van der Waals surface area contributed by atoms with Gasteiger partial charge in [-0.3, -0.25) is 4.79 Å². The maximum absolute atomic E-state index is 12.3. The highest BCUT2D eigenvalue weighted by atomic mass is 16.3. The number of carbonyl (C=O) groups is 1. The first-order chi connectivity index (χ1) is 8.13. The highest BCUT2D eigenvalue weighted by Gasteiger charge is 2.28. The van der Waals surface area contributed by atoms with E-state index < -0.39 is 0 Å². The highest BCUT2D eigenvalue weighted by molar-refractivity contribution is 5.95. The molecule has 0 saturated carbocycles. The summed E-state index contributed by atoms with van der Waals surface area (Å²) in [6.45, 7) is 3.08. The van der Waals surface area contributed by atoms with Gasteiger partial charge in [-0.2, -0.15) is 0 Å². The van der Waals surface area contributed by atoms with Crippen molar-refractivity contribution >= 4 is 5.91 Å². The van der Waals surface area contributed by atoms with Crippen LogP contribution in [-0.4, -0.2) is 35.0 Å². The van der Waals surface area contributed by atoms with Gasteiger partial charge in [-0.05, 0) is 43.5 Å².